The minimum atomic E-state index is -3.41. The van der Waals surface area contributed by atoms with E-state index in [9.17, 15) is 8.42 Å². The fourth-order valence-corrected chi connectivity index (χ4v) is 4.19. The first kappa shape index (κ1) is 22.5. The maximum Gasteiger partial charge on any atom is 0.229 e. The van der Waals surface area contributed by atoms with Gasteiger partial charge in [0.05, 0.1) is 12.8 Å². The molecule has 4 rings (SSSR count). The van der Waals surface area contributed by atoms with Crippen LogP contribution in [0.4, 0.5) is 17.2 Å². The third-order valence-electron chi connectivity index (χ3n) is 5.03. The van der Waals surface area contributed by atoms with E-state index < -0.39 is 10.0 Å². The summed E-state index contributed by atoms with van der Waals surface area (Å²) in [6, 6.07) is 18.1. The number of hydrogen-bond acceptors (Lipinski definition) is 5. The Morgan fingerprint density at radius 3 is 2.58 bits per heavy atom. The molecule has 0 spiro atoms. The number of nitrogens with zero attached hydrogens (tertiary/aromatic N) is 3. The molecule has 4 aromatic rings. The van der Waals surface area contributed by atoms with Crippen molar-refractivity contribution in [1.82, 2.24) is 10.2 Å². The number of aromatic nitrogens is 2. The third-order valence-corrected chi connectivity index (χ3v) is 6.04. The number of benzene rings is 3. The predicted octanol–water partition coefficient (Wildman–Crippen LogP) is 5.79. The Morgan fingerprint density at radius 1 is 1.03 bits per heavy atom. The average molecular weight is 478 g/mol. The monoisotopic (exact) mass is 477 g/mol. The Bertz CT molecular complexity index is 1510. The fourth-order valence-electron chi connectivity index (χ4n) is 3.43. The zero-order chi connectivity index (χ0) is 23.6. The SMILES string of the molecule is [C-]#[N+]c1ccc2c(-c3cccc(NS(C)(=O)=O)c3)nnc(NCc3ccc(C)c(Cl)c3)c2c1. The molecule has 0 radical (unpaired) electrons. The Kier molecular flexibility index (Phi) is 6.18. The minimum absolute atomic E-state index is 0.432. The highest BCUT2D eigenvalue weighted by Gasteiger charge is 2.13. The Morgan fingerprint density at radius 2 is 1.85 bits per heavy atom. The second-order valence-corrected chi connectivity index (χ2v) is 9.79. The molecule has 0 aliphatic carbocycles. The second-order valence-electron chi connectivity index (χ2n) is 7.63. The molecule has 0 unspecified atom stereocenters. The molecule has 1 aromatic heterocycles. The van der Waals surface area contributed by atoms with Gasteiger partial charge in [0.15, 0.2) is 11.5 Å². The second kappa shape index (κ2) is 9.06. The van der Waals surface area contributed by atoms with Crippen molar-refractivity contribution in [3.05, 3.63) is 88.2 Å². The number of rotatable bonds is 6. The van der Waals surface area contributed by atoms with E-state index in [1.807, 2.05) is 37.3 Å². The van der Waals surface area contributed by atoms with Gasteiger partial charge >= 0.3 is 0 Å². The number of anilines is 2. The summed E-state index contributed by atoms with van der Waals surface area (Å²) in [5.74, 6) is 0.543. The molecule has 7 nitrogen and oxygen atoms in total. The molecular formula is C24H20ClN5O2S. The Balaban J connectivity index is 1.75. The van der Waals surface area contributed by atoms with Gasteiger partial charge in [-0.15, -0.1) is 10.2 Å². The van der Waals surface area contributed by atoms with Crippen LogP contribution >= 0.6 is 11.6 Å². The van der Waals surface area contributed by atoms with E-state index in [-0.39, 0.29) is 0 Å². The van der Waals surface area contributed by atoms with Crippen LogP contribution in [-0.4, -0.2) is 24.9 Å². The van der Waals surface area contributed by atoms with Gasteiger partial charge in [-0.1, -0.05) is 48.0 Å². The number of fused-ring (bicyclic) bond motifs is 1. The van der Waals surface area contributed by atoms with E-state index in [2.05, 4.69) is 25.1 Å². The highest BCUT2D eigenvalue weighted by Crippen LogP contribution is 2.33. The van der Waals surface area contributed by atoms with Crippen molar-refractivity contribution in [3.63, 3.8) is 0 Å². The summed E-state index contributed by atoms with van der Waals surface area (Å²) in [5.41, 5.74) is 4.20. The summed E-state index contributed by atoms with van der Waals surface area (Å²) in [6.45, 7) is 9.82. The first-order valence-corrected chi connectivity index (χ1v) is 12.3. The molecule has 9 heteroatoms. The van der Waals surface area contributed by atoms with E-state index in [0.29, 0.717) is 40.0 Å². The van der Waals surface area contributed by atoms with Gasteiger partial charge in [-0.2, -0.15) is 0 Å². The van der Waals surface area contributed by atoms with Gasteiger partial charge in [0, 0.05) is 33.6 Å². The molecule has 0 saturated carbocycles. The van der Waals surface area contributed by atoms with Crippen LogP contribution in [0.1, 0.15) is 11.1 Å². The van der Waals surface area contributed by atoms with Gasteiger partial charge in [0.1, 0.15) is 5.69 Å². The maximum absolute atomic E-state index is 11.6. The largest absolute Gasteiger partial charge is 0.364 e. The van der Waals surface area contributed by atoms with E-state index in [4.69, 9.17) is 18.2 Å². The van der Waals surface area contributed by atoms with Crippen molar-refractivity contribution in [2.45, 2.75) is 13.5 Å². The molecule has 2 N–H and O–H groups in total. The van der Waals surface area contributed by atoms with Gasteiger partial charge in [-0.3, -0.25) is 4.72 Å². The van der Waals surface area contributed by atoms with Gasteiger partial charge in [-0.05, 0) is 42.3 Å². The predicted molar refractivity (Wildman–Crippen MR) is 133 cm³/mol. The minimum Gasteiger partial charge on any atom is -0.364 e. The van der Waals surface area contributed by atoms with Crippen LogP contribution in [0.3, 0.4) is 0 Å². The number of sulfonamides is 1. The molecule has 0 saturated heterocycles. The van der Waals surface area contributed by atoms with E-state index >= 15 is 0 Å². The van der Waals surface area contributed by atoms with Crippen molar-refractivity contribution in [1.29, 1.82) is 0 Å². The highest BCUT2D eigenvalue weighted by atomic mass is 35.5. The van der Waals surface area contributed by atoms with Crippen molar-refractivity contribution in [2.24, 2.45) is 0 Å². The van der Waals surface area contributed by atoms with Gasteiger partial charge < -0.3 is 5.32 Å². The van der Waals surface area contributed by atoms with Crippen molar-refractivity contribution in [2.75, 3.05) is 16.3 Å². The molecule has 166 valence electrons. The number of hydrogen-bond donors (Lipinski definition) is 2. The van der Waals surface area contributed by atoms with Crippen LogP contribution < -0.4 is 10.0 Å². The molecule has 0 aliphatic rings. The molecule has 0 aliphatic heterocycles. The summed E-state index contributed by atoms with van der Waals surface area (Å²) in [7, 11) is -3.41. The van der Waals surface area contributed by atoms with Crippen molar-refractivity contribution < 1.29 is 8.42 Å². The standard InChI is InChI=1S/C24H20ClN5O2S/c1-15-7-8-16(11-22(15)25)14-27-24-21-13-18(26-2)9-10-20(21)23(28-29-24)17-5-4-6-19(12-17)30-33(3,31)32/h4-13,30H,14H2,1,3H3,(H,27,29). The average Bonchev–Trinajstić information content (AvgIpc) is 2.78. The van der Waals surface area contributed by atoms with Crippen LogP contribution in [0.25, 0.3) is 26.9 Å². The van der Waals surface area contributed by atoms with E-state index in [1.165, 1.54) is 0 Å². The first-order chi connectivity index (χ1) is 15.7. The third kappa shape index (κ3) is 5.22. The van der Waals surface area contributed by atoms with Gasteiger partial charge in [0.2, 0.25) is 10.0 Å². The molecule has 33 heavy (non-hydrogen) atoms. The number of nitrogens with one attached hydrogen (secondary N) is 2. The lowest BCUT2D eigenvalue weighted by Crippen LogP contribution is -2.09. The number of aryl methyl sites for hydroxylation is 1. The lowest BCUT2D eigenvalue weighted by Gasteiger charge is -2.13. The summed E-state index contributed by atoms with van der Waals surface area (Å²) in [5, 5.41) is 14.3. The normalized spacial score (nSPS) is 11.2. The van der Waals surface area contributed by atoms with Crippen molar-refractivity contribution in [3.8, 4) is 11.3 Å². The Hall–Kier alpha value is -3.67. The molecule has 1 heterocycles. The lowest BCUT2D eigenvalue weighted by molar-refractivity contribution is 0.607. The van der Waals surface area contributed by atoms with Crippen LogP contribution in [0.5, 0.6) is 0 Å². The summed E-state index contributed by atoms with van der Waals surface area (Å²) in [4.78, 5) is 3.54. The van der Waals surface area contributed by atoms with Crippen LogP contribution in [0, 0.1) is 13.5 Å². The summed E-state index contributed by atoms with van der Waals surface area (Å²) >= 11 is 6.24. The zero-order valence-electron chi connectivity index (χ0n) is 17.9. The first-order valence-electron chi connectivity index (χ1n) is 9.98. The fraction of sp³-hybridized carbons (Fsp3) is 0.125. The van der Waals surface area contributed by atoms with Gasteiger partial charge in [0.25, 0.3) is 0 Å². The maximum atomic E-state index is 11.6. The van der Waals surface area contributed by atoms with E-state index in [1.54, 1.807) is 30.3 Å². The van der Waals surface area contributed by atoms with Crippen molar-refractivity contribution >= 4 is 49.6 Å². The summed E-state index contributed by atoms with van der Waals surface area (Å²) in [6.07, 6.45) is 1.10. The smallest absolute Gasteiger partial charge is 0.229 e. The van der Waals surface area contributed by atoms with Crippen LogP contribution in [0.15, 0.2) is 60.7 Å². The molecule has 0 fully saturated rings. The molecule has 3 aromatic carbocycles. The quantitative estimate of drug-likeness (QED) is 0.343. The topological polar surface area (TPSA) is 88.3 Å². The van der Waals surface area contributed by atoms with E-state index in [0.717, 1.165) is 28.2 Å². The van der Waals surface area contributed by atoms with Crippen LogP contribution in [-0.2, 0) is 16.6 Å². The lowest BCUT2D eigenvalue weighted by atomic mass is 10.0. The van der Waals surface area contributed by atoms with Gasteiger partial charge in [-0.25, -0.2) is 13.3 Å². The zero-order valence-corrected chi connectivity index (χ0v) is 19.5. The molecule has 0 atom stereocenters. The Labute approximate surface area is 197 Å². The molecule has 0 amide bonds. The number of halogens is 1. The molecule has 0 bridgehead atoms. The molecular weight excluding hydrogens is 458 g/mol. The van der Waals surface area contributed by atoms with Crippen LogP contribution in [0.2, 0.25) is 5.02 Å². The summed E-state index contributed by atoms with van der Waals surface area (Å²) < 4.78 is 25.7. The highest BCUT2D eigenvalue weighted by molar-refractivity contribution is 7.92.